The van der Waals surface area contributed by atoms with Gasteiger partial charge in [0.2, 0.25) is 0 Å². The Kier molecular flexibility index (Phi) is 3.69. The van der Waals surface area contributed by atoms with Gasteiger partial charge < -0.3 is 19.3 Å². The van der Waals surface area contributed by atoms with E-state index >= 15 is 0 Å². The van der Waals surface area contributed by atoms with E-state index in [0.717, 1.165) is 0 Å². The maximum Gasteiger partial charge on any atom is 0.410 e. The fourth-order valence-corrected chi connectivity index (χ4v) is 2.07. The maximum atomic E-state index is 11.9. The summed E-state index contributed by atoms with van der Waals surface area (Å²) in [5.74, 6) is -0.668. The van der Waals surface area contributed by atoms with Gasteiger partial charge in [-0.25, -0.2) is 9.59 Å². The van der Waals surface area contributed by atoms with Crippen LogP contribution in [0.15, 0.2) is 10.6 Å². The van der Waals surface area contributed by atoms with Gasteiger partial charge in [0, 0.05) is 25.1 Å². The van der Waals surface area contributed by atoms with Crippen molar-refractivity contribution in [3.8, 4) is 0 Å². The molecule has 1 aliphatic heterocycles. The molecule has 7 heteroatoms. The number of aromatic nitrogens is 1. The quantitative estimate of drug-likeness (QED) is 0.892. The summed E-state index contributed by atoms with van der Waals surface area (Å²) < 4.78 is 10.3. The molecular formula is C13H18N2O5. The van der Waals surface area contributed by atoms with Gasteiger partial charge in [-0.2, -0.15) is 0 Å². The van der Waals surface area contributed by atoms with Crippen molar-refractivity contribution in [3.05, 3.63) is 17.5 Å². The Balaban J connectivity index is 1.98. The van der Waals surface area contributed by atoms with Crippen LogP contribution in [0, 0.1) is 0 Å². The highest BCUT2D eigenvalue weighted by atomic mass is 16.6. The van der Waals surface area contributed by atoms with Crippen LogP contribution in [0.25, 0.3) is 0 Å². The van der Waals surface area contributed by atoms with Crippen molar-refractivity contribution in [2.45, 2.75) is 38.7 Å². The van der Waals surface area contributed by atoms with Crippen molar-refractivity contribution >= 4 is 12.1 Å². The number of hydrogen-bond acceptors (Lipinski definition) is 5. The number of nitrogens with zero attached hydrogens (tertiary/aromatic N) is 2. The lowest BCUT2D eigenvalue weighted by Gasteiger charge is -2.24. The molecular weight excluding hydrogens is 264 g/mol. The zero-order valence-electron chi connectivity index (χ0n) is 11.8. The number of carbonyl (C=O) groups excluding carboxylic acids is 1. The van der Waals surface area contributed by atoms with Crippen LogP contribution in [-0.4, -0.2) is 45.9 Å². The SMILES string of the molecule is CC(C)(C)OC(=O)N1CCC(c2cc(C(=O)O)no2)C1. The lowest BCUT2D eigenvalue weighted by molar-refractivity contribution is 0.0291. The summed E-state index contributed by atoms with van der Waals surface area (Å²) in [7, 11) is 0. The number of carboxylic acids is 1. The van der Waals surface area contributed by atoms with Crippen LogP contribution in [0.1, 0.15) is 49.4 Å². The molecule has 1 amide bonds. The summed E-state index contributed by atoms with van der Waals surface area (Å²) in [4.78, 5) is 24.3. The molecule has 0 aromatic carbocycles. The summed E-state index contributed by atoms with van der Waals surface area (Å²) in [5.41, 5.74) is -0.645. The second-order valence-electron chi connectivity index (χ2n) is 5.83. The highest BCUT2D eigenvalue weighted by molar-refractivity contribution is 5.85. The van der Waals surface area contributed by atoms with Crippen LogP contribution < -0.4 is 0 Å². The third-order valence-corrected chi connectivity index (χ3v) is 2.99. The third kappa shape index (κ3) is 3.28. The van der Waals surface area contributed by atoms with E-state index in [-0.39, 0.29) is 17.7 Å². The van der Waals surface area contributed by atoms with Crippen molar-refractivity contribution in [1.29, 1.82) is 0 Å². The van der Waals surface area contributed by atoms with E-state index in [1.54, 1.807) is 4.90 Å². The van der Waals surface area contributed by atoms with Crippen LogP contribution in [0.4, 0.5) is 4.79 Å². The molecule has 1 saturated heterocycles. The first kappa shape index (κ1) is 14.4. The Hall–Kier alpha value is -2.05. The van der Waals surface area contributed by atoms with Gasteiger partial charge in [-0.1, -0.05) is 5.16 Å². The first-order valence-corrected chi connectivity index (χ1v) is 6.44. The molecule has 1 fully saturated rings. The number of ether oxygens (including phenoxy) is 1. The molecule has 1 unspecified atom stereocenters. The van der Waals surface area contributed by atoms with E-state index in [1.165, 1.54) is 6.07 Å². The van der Waals surface area contributed by atoms with Crippen LogP contribution in [0.5, 0.6) is 0 Å². The van der Waals surface area contributed by atoms with Crippen LogP contribution >= 0.6 is 0 Å². The molecule has 20 heavy (non-hydrogen) atoms. The number of carbonyl (C=O) groups is 2. The second-order valence-corrected chi connectivity index (χ2v) is 5.83. The van der Waals surface area contributed by atoms with E-state index < -0.39 is 11.6 Å². The zero-order chi connectivity index (χ0) is 14.9. The van der Waals surface area contributed by atoms with Crippen LogP contribution in [-0.2, 0) is 4.74 Å². The molecule has 2 rings (SSSR count). The van der Waals surface area contributed by atoms with Crippen molar-refractivity contribution in [1.82, 2.24) is 10.1 Å². The van der Waals surface area contributed by atoms with Crippen molar-refractivity contribution in [2.75, 3.05) is 13.1 Å². The molecule has 1 N–H and O–H groups in total. The molecule has 0 radical (unpaired) electrons. The monoisotopic (exact) mass is 282 g/mol. The summed E-state index contributed by atoms with van der Waals surface area (Å²) in [6.45, 7) is 6.45. The smallest absolute Gasteiger partial charge is 0.410 e. The van der Waals surface area contributed by atoms with Gasteiger partial charge in [-0.3, -0.25) is 0 Å². The van der Waals surface area contributed by atoms with E-state index in [4.69, 9.17) is 14.4 Å². The van der Waals surface area contributed by atoms with Crippen molar-refractivity contribution < 1.29 is 24.0 Å². The minimum Gasteiger partial charge on any atom is -0.476 e. The van der Waals surface area contributed by atoms with Crippen LogP contribution in [0.2, 0.25) is 0 Å². The van der Waals surface area contributed by atoms with E-state index in [2.05, 4.69) is 5.16 Å². The summed E-state index contributed by atoms with van der Waals surface area (Å²) in [6, 6.07) is 1.41. The normalized spacial score (nSPS) is 19.1. The summed E-state index contributed by atoms with van der Waals surface area (Å²) in [5, 5.41) is 12.3. The summed E-state index contributed by atoms with van der Waals surface area (Å²) >= 11 is 0. The highest BCUT2D eigenvalue weighted by Crippen LogP contribution is 2.28. The Bertz CT molecular complexity index is 517. The van der Waals surface area contributed by atoms with Gasteiger partial charge in [0.15, 0.2) is 5.69 Å². The fraction of sp³-hybridized carbons (Fsp3) is 0.615. The molecule has 110 valence electrons. The Morgan fingerprint density at radius 1 is 1.50 bits per heavy atom. The average molecular weight is 282 g/mol. The molecule has 0 spiro atoms. The first-order chi connectivity index (χ1) is 9.26. The number of likely N-dealkylation sites (tertiary alicyclic amines) is 1. The van der Waals surface area contributed by atoms with Gasteiger partial charge in [0.05, 0.1) is 0 Å². The third-order valence-electron chi connectivity index (χ3n) is 2.99. The molecule has 2 heterocycles. The minimum atomic E-state index is -1.12. The van der Waals surface area contributed by atoms with Crippen molar-refractivity contribution in [2.24, 2.45) is 0 Å². The Labute approximate surface area is 116 Å². The molecule has 0 saturated carbocycles. The second kappa shape index (κ2) is 5.15. The van der Waals surface area contributed by atoms with E-state index in [0.29, 0.717) is 25.3 Å². The predicted molar refractivity (Wildman–Crippen MR) is 68.6 cm³/mol. The lowest BCUT2D eigenvalue weighted by atomic mass is 10.1. The molecule has 0 bridgehead atoms. The van der Waals surface area contributed by atoms with E-state index in [1.807, 2.05) is 20.8 Å². The number of rotatable bonds is 2. The van der Waals surface area contributed by atoms with Gasteiger partial charge in [-0.15, -0.1) is 0 Å². The Morgan fingerprint density at radius 2 is 2.20 bits per heavy atom. The Morgan fingerprint density at radius 3 is 2.75 bits per heavy atom. The lowest BCUT2D eigenvalue weighted by Crippen LogP contribution is -2.35. The topological polar surface area (TPSA) is 92.9 Å². The largest absolute Gasteiger partial charge is 0.476 e. The molecule has 1 aliphatic rings. The summed E-state index contributed by atoms with van der Waals surface area (Å²) in [6.07, 6.45) is 0.339. The van der Waals surface area contributed by atoms with Gasteiger partial charge in [-0.05, 0) is 27.2 Å². The number of carboxylic acid groups (broad SMARTS) is 1. The highest BCUT2D eigenvalue weighted by Gasteiger charge is 2.32. The molecule has 0 aliphatic carbocycles. The number of amides is 1. The zero-order valence-corrected chi connectivity index (χ0v) is 11.8. The van der Waals surface area contributed by atoms with Gasteiger partial charge in [0.1, 0.15) is 11.4 Å². The van der Waals surface area contributed by atoms with Gasteiger partial charge in [0.25, 0.3) is 0 Å². The first-order valence-electron chi connectivity index (χ1n) is 6.44. The standard InChI is InChI=1S/C13H18N2O5/c1-13(2,3)19-12(18)15-5-4-8(7-15)10-6-9(11(16)17)14-20-10/h6,8H,4-5,7H2,1-3H3,(H,16,17). The molecule has 1 aromatic rings. The molecule has 1 aromatic heterocycles. The minimum absolute atomic E-state index is 0.0388. The van der Waals surface area contributed by atoms with Gasteiger partial charge >= 0.3 is 12.1 Å². The molecule has 1 atom stereocenters. The van der Waals surface area contributed by atoms with Crippen LogP contribution in [0.3, 0.4) is 0 Å². The molecule has 7 nitrogen and oxygen atoms in total. The maximum absolute atomic E-state index is 11.9. The fourth-order valence-electron chi connectivity index (χ4n) is 2.07. The number of hydrogen-bond donors (Lipinski definition) is 1. The predicted octanol–water partition coefficient (Wildman–Crippen LogP) is 2.10. The van der Waals surface area contributed by atoms with E-state index in [9.17, 15) is 9.59 Å². The average Bonchev–Trinajstić information content (AvgIpc) is 2.95. The number of aromatic carboxylic acids is 1. The van der Waals surface area contributed by atoms with Crippen molar-refractivity contribution in [3.63, 3.8) is 0 Å².